The summed E-state index contributed by atoms with van der Waals surface area (Å²) in [6.45, 7) is 2.18. The Kier molecular flexibility index (Phi) is 5.65. The Morgan fingerprint density at radius 3 is 2.64 bits per heavy atom. The standard InChI is InChI=1S/C15H19F3N2O2/c16-15(17,18)12-3-5-13(6-4-12)22-9-8-20-14(21)11-2-1-7-19-10-11/h3-6,11,19H,1-2,7-10H2,(H,20,21). The number of nitrogens with one attached hydrogen (secondary N) is 2. The molecule has 1 aromatic carbocycles. The monoisotopic (exact) mass is 316 g/mol. The fourth-order valence-corrected chi connectivity index (χ4v) is 2.30. The number of piperidine rings is 1. The van der Waals surface area contributed by atoms with Crippen LogP contribution in [0, 0.1) is 5.92 Å². The van der Waals surface area contributed by atoms with Gasteiger partial charge in [0.05, 0.1) is 18.0 Å². The highest BCUT2D eigenvalue weighted by Gasteiger charge is 2.30. The molecule has 0 saturated carbocycles. The first-order valence-corrected chi connectivity index (χ1v) is 7.25. The van der Waals surface area contributed by atoms with Gasteiger partial charge >= 0.3 is 6.18 Å². The van der Waals surface area contributed by atoms with Crippen LogP contribution in [-0.2, 0) is 11.0 Å². The molecule has 1 amide bonds. The van der Waals surface area contributed by atoms with Crippen molar-refractivity contribution in [1.82, 2.24) is 10.6 Å². The summed E-state index contributed by atoms with van der Waals surface area (Å²) in [6, 6.07) is 4.49. The molecular weight excluding hydrogens is 297 g/mol. The molecule has 1 aliphatic rings. The molecule has 4 nitrogen and oxygen atoms in total. The molecule has 2 rings (SSSR count). The maximum absolute atomic E-state index is 12.4. The smallest absolute Gasteiger partial charge is 0.416 e. The Bertz CT molecular complexity index is 483. The summed E-state index contributed by atoms with van der Waals surface area (Å²) >= 11 is 0. The first-order chi connectivity index (χ1) is 10.5. The zero-order chi connectivity index (χ0) is 16.0. The van der Waals surface area contributed by atoms with Gasteiger partial charge < -0.3 is 15.4 Å². The number of benzene rings is 1. The van der Waals surface area contributed by atoms with E-state index < -0.39 is 11.7 Å². The average Bonchev–Trinajstić information content (AvgIpc) is 2.52. The van der Waals surface area contributed by atoms with Gasteiger partial charge in [0.15, 0.2) is 0 Å². The van der Waals surface area contributed by atoms with E-state index in [4.69, 9.17) is 4.74 Å². The summed E-state index contributed by atoms with van der Waals surface area (Å²) in [5.74, 6) is 0.324. The summed E-state index contributed by atoms with van der Waals surface area (Å²) in [6.07, 6.45) is -2.49. The van der Waals surface area contributed by atoms with Crippen LogP contribution in [0.1, 0.15) is 18.4 Å². The molecule has 0 spiro atoms. The third kappa shape index (κ3) is 4.91. The van der Waals surface area contributed by atoms with Gasteiger partial charge in [0, 0.05) is 6.54 Å². The van der Waals surface area contributed by atoms with Crippen molar-refractivity contribution in [2.75, 3.05) is 26.2 Å². The number of rotatable bonds is 5. The molecule has 1 heterocycles. The lowest BCUT2D eigenvalue weighted by Gasteiger charge is -2.21. The number of carbonyl (C=O) groups excluding carboxylic acids is 1. The van der Waals surface area contributed by atoms with Crippen LogP contribution in [0.3, 0.4) is 0 Å². The minimum absolute atomic E-state index is 0.0109. The van der Waals surface area contributed by atoms with Gasteiger partial charge in [-0.25, -0.2) is 0 Å². The number of ether oxygens (including phenoxy) is 1. The van der Waals surface area contributed by atoms with Crippen molar-refractivity contribution in [2.45, 2.75) is 19.0 Å². The van der Waals surface area contributed by atoms with Gasteiger partial charge in [0.1, 0.15) is 12.4 Å². The van der Waals surface area contributed by atoms with E-state index in [0.717, 1.165) is 31.5 Å². The number of hydrogen-bond donors (Lipinski definition) is 2. The van der Waals surface area contributed by atoms with Gasteiger partial charge in [-0.2, -0.15) is 13.2 Å². The lowest BCUT2D eigenvalue weighted by atomic mass is 9.99. The zero-order valence-electron chi connectivity index (χ0n) is 12.1. The molecule has 7 heteroatoms. The number of carbonyl (C=O) groups is 1. The molecule has 1 aromatic rings. The molecule has 1 atom stereocenters. The van der Waals surface area contributed by atoms with E-state index in [-0.39, 0.29) is 18.4 Å². The van der Waals surface area contributed by atoms with E-state index in [1.165, 1.54) is 12.1 Å². The fourth-order valence-electron chi connectivity index (χ4n) is 2.30. The Labute approximate surface area is 127 Å². The number of alkyl halides is 3. The predicted octanol–water partition coefficient (Wildman–Crippen LogP) is 2.20. The van der Waals surface area contributed by atoms with Crippen molar-refractivity contribution >= 4 is 5.91 Å². The Balaban J connectivity index is 1.69. The van der Waals surface area contributed by atoms with Crippen LogP contribution < -0.4 is 15.4 Å². The summed E-state index contributed by atoms with van der Waals surface area (Å²) < 4.78 is 42.5. The highest BCUT2D eigenvalue weighted by molar-refractivity contribution is 5.78. The maximum Gasteiger partial charge on any atom is 0.416 e. The zero-order valence-corrected chi connectivity index (χ0v) is 12.1. The molecule has 22 heavy (non-hydrogen) atoms. The molecule has 1 saturated heterocycles. The van der Waals surface area contributed by atoms with E-state index >= 15 is 0 Å². The van der Waals surface area contributed by atoms with Gasteiger partial charge in [0.2, 0.25) is 5.91 Å². The van der Waals surface area contributed by atoms with Crippen molar-refractivity contribution < 1.29 is 22.7 Å². The Hall–Kier alpha value is -1.76. The molecular formula is C15H19F3N2O2. The summed E-state index contributed by atoms with van der Waals surface area (Å²) in [7, 11) is 0. The van der Waals surface area contributed by atoms with Crippen LogP contribution in [0.25, 0.3) is 0 Å². The van der Waals surface area contributed by atoms with Crippen LogP contribution in [0.2, 0.25) is 0 Å². The molecule has 0 aromatic heterocycles. The largest absolute Gasteiger partial charge is 0.492 e. The number of hydrogen-bond acceptors (Lipinski definition) is 3. The lowest BCUT2D eigenvalue weighted by molar-refractivity contribution is -0.137. The second-order valence-electron chi connectivity index (χ2n) is 5.20. The number of amides is 1. The first kappa shape index (κ1) is 16.6. The summed E-state index contributed by atoms with van der Waals surface area (Å²) in [4.78, 5) is 11.8. The van der Waals surface area contributed by atoms with Crippen LogP contribution >= 0.6 is 0 Å². The maximum atomic E-state index is 12.4. The van der Waals surface area contributed by atoms with Crippen LogP contribution in [0.5, 0.6) is 5.75 Å². The Morgan fingerprint density at radius 1 is 1.32 bits per heavy atom. The topological polar surface area (TPSA) is 50.4 Å². The van der Waals surface area contributed by atoms with E-state index in [9.17, 15) is 18.0 Å². The van der Waals surface area contributed by atoms with E-state index in [0.29, 0.717) is 18.8 Å². The van der Waals surface area contributed by atoms with Gasteiger partial charge in [-0.3, -0.25) is 4.79 Å². The third-order valence-electron chi connectivity index (χ3n) is 3.52. The first-order valence-electron chi connectivity index (χ1n) is 7.25. The van der Waals surface area contributed by atoms with Crippen molar-refractivity contribution in [3.63, 3.8) is 0 Å². The van der Waals surface area contributed by atoms with Crippen molar-refractivity contribution in [2.24, 2.45) is 5.92 Å². The summed E-state index contributed by atoms with van der Waals surface area (Å²) in [5.41, 5.74) is -0.710. The van der Waals surface area contributed by atoms with Gasteiger partial charge in [-0.05, 0) is 43.7 Å². The predicted molar refractivity (Wildman–Crippen MR) is 75.5 cm³/mol. The molecule has 0 radical (unpaired) electrons. The molecule has 1 unspecified atom stereocenters. The second-order valence-corrected chi connectivity index (χ2v) is 5.20. The van der Waals surface area contributed by atoms with Gasteiger partial charge in [0.25, 0.3) is 0 Å². The van der Waals surface area contributed by atoms with Crippen LogP contribution in [-0.4, -0.2) is 32.1 Å². The minimum Gasteiger partial charge on any atom is -0.492 e. The molecule has 2 N–H and O–H groups in total. The van der Waals surface area contributed by atoms with Gasteiger partial charge in [-0.1, -0.05) is 0 Å². The molecule has 1 fully saturated rings. The minimum atomic E-state index is -4.35. The Morgan fingerprint density at radius 2 is 2.05 bits per heavy atom. The number of halogens is 3. The van der Waals surface area contributed by atoms with Crippen LogP contribution in [0.15, 0.2) is 24.3 Å². The van der Waals surface area contributed by atoms with Crippen molar-refractivity contribution in [3.8, 4) is 5.75 Å². The SMILES string of the molecule is O=C(NCCOc1ccc(C(F)(F)F)cc1)C1CCCNC1. The normalized spacial score (nSPS) is 18.8. The fraction of sp³-hybridized carbons (Fsp3) is 0.533. The highest BCUT2D eigenvalue weighted by Crippen LogP contribution is 2.30. The van der Waals surface area contributed by atoms with E-state index in [1.54, 1.807) is 0 Å². The molecule has 0 aliphatic carbocycles. The average molecular weight is 316 g/mol. The molecule has 0 bridgehead atoms. The van der Waals surface area contributed by atoms with Crippen LogP contribution in [0.4, 0.5) is 13.2 Å². The van der Waals surface area contributed by atoms with E-state index in [1.807, 2.05) is 0 Å². The third-order valence-corrected chi connectivity index (χ3v) is 3.52. The molecule has 1 aliphatic heterocycles. The second kappa shape index (κ2) is 7.49. The van der Waals surface area contributed by atoms with Crippen molar-refractivity contribution in [3.05, 3.63) is 29.8 Å². The quantitative estimate of drug-likeness (QED) is 0.819. The molecule has 122 valence electrons. The summed E-state index contributed by atoms with van der Waals surface area (Å²) in [5, 5.41) is 5.94. The van der Waals surface area contributed by atoms with Crippen molar-refractivity contribution in [1.29, 1.82) is 0 Å². The van der Waals surface area contributed by atoms with Gasteiger partial charge in [-0.15, -0.1) is 0 Å². The van der Waals surface area contributed by atoms with E-state index in [2.05, 4.69) is 10.6 Å². The lowest BCUT2D eigenvalue weighted by Crippen LogP contribution is -2.41. The highest BCUT2D eigenvalue weighted by atomic mass is 19.4.